The summed E-state index contributed by atoms with van der Waals surface area (Å²) < 4.78 is 49.9. The van der Waals surface area contributed by atoms with Crippen LogP contribution < -0.4 is 9.21 Å². The fourth-order valence-electron chi connectivity index (χ4n) is 5.85. The molecule has 3 aliphatic rings. The van der Waals surface area contributed by atoms with Crippen LogP contribution in [0, 0.1) is 5.82 Å². The van der Waals surface area contributed by atoms with Crippen molar-refractivity contribution >= 4 is 27.6 Å². The molecule has 0 spiro atoms. The molecule has 0 N–H and O–H groups in total. The summed E-state index contributed by atoms with van der Waals surface area (Å²) in [7, 11) is -3.64. The smallest absolute Gasteiger partial charge is 0.328 e. The largest absolute Gasteiger partial charge is 0.465 e. The number of carbonyl (C=O) groups excluding carboxylic acids is 1. The molecule has 0 bridgehead atoms. The summed E-state index contributed by atoms with van der Waals surface area (Å²) >= 11 is 0. The molecule has 5 rings (SSSR count). The summed E-state index contributed by atoms with van der Waals surface area (Å²) in [5, 5.41) is 0. The maximum Gasteiger partial charge on any atom is 0.328 e. The second kappa shape index (κ2) is 11.0. The van der Waals surface area contributed by atoms with E-state index in [0.717, 1.165) is 31.2 Å². The summed E-state index contributed by atoms with van der Waals surface area (Å²) in [6.45, 7) is 5.10. The first-order valence-electron chi connectivity index (χ1n) is 13.2. The number of hydrogen-bond acceptors (Lipinski definition) is 6. The van der Waals surface area contributed by atoms with Crippen LogP contribution in [0.4, 0.5) is 15.8 Å². The number of ether oxygens (including phenoxy) is 1. The monoisotopic (exact) mass is 530 g/mol. The van der Waals surface area contributed by atoms with Crippen molar-refractivity contribution in [3.8, 4) is 0 Å². The third-order valence-corrected chi connectivity index (χ3v) is 9.72. The van der Waals surface area contributed by atoms with Gasteiger partial charge in [0.05, 0.1) is 18.0 Å². The van der Waals surface area contributed by atoms with Gasteiger partial charge in [-0.15, -0.1) is 0 Å². The maximum absolute atomic E-state index is 15.3. The second-order valence-corrected chi connectivity index (χ2v) is 11.7. The first-order valence-corrected chi connectivity index (χ1v) is 14.6. The average molecular weight is 531 g/mol. The van der Waals surface area contributed by atoms with Crippen LogP contribution in [0.25, 0.3) is 0 Å². The Balaban J connectivity index is 1.27. The first kappa shape index (κ1) is 25.9. The summed E-state index contributed by atoms with van der Waals surface area (Å²) in [6, 6.07) is 13.8. The minimum Gasteiger partial charge on any atom is -0.465 e. The van der Waals surface area contributed by atoms with Crippen LogP contribution in [0.15, 0.2) is 48.5 Å². The highest BCUT2D eigenvalue weighted by Gasteiger charge is 2.42. The Bertz CT molecular complexity index is 1200. The normalized spacial score (nSPS) is 21.9. The van der Waals surface area contributed by atoms with E-state index in [9.17, 15) is 13.2 Å². The summed E-state index contributed by atoms with van der Waals surface area (Å²) in [6.07, 6.45) is 3.90. The van der Waals surface area contributed by atoms with E-state index in [0.29, 0.717) is 57.3 Å². The number of benzene rings is 2. The van der Waals surface area contributed by atoms with E-state index in [1.54, 1.807) is 23.4 Å². The molecule has 1 saturated carbocycles. The standard InChI is InChI=1S/C27H35FN4O4S/c1-2-36-27(33)26(21-8-4-3-5-9-21)30-16-14-29(15-17-30)25-13-12-23(20-24(25)28)32-19-18-31(37(32,34)35)22-10-6-7-11-22/h3-5,8-9,12-13,20,22,26H,2,6-7,10-11,14-19H2,1H3. The highest BCUT2D eigenvalue weighted by atomic mass is 32.2. The number of anilines is 2. The molecule has 2 aromatic rings. The molecule has 1 atom stereocenters. The number of carbonyl (C=O) groups is 1. The second-order valence-electron chi connectivity index (χ2n) is 9.85. The third kappa shape index (κ3) is 5.19. The van der Waals surface area contributed by atoms with Gasteiger partial charge in [-0.3, -0.25) is 9.21 Å². The highest BCUT2D eigenvalue weighted by molar-refractivity contribution is 7.90. The van der Waals surface area contributed by atoms with Crippen molar-refractivity contribution in [2.24, 2.45) is 0 Å². The summed E-state index contributed by atoms with van der Waals surface area (Å²) in [5.74, 6) is -0.721. The van der Waals surface area contributed by atoms with Gasteiger partial charge in [0.1, 0.15) is 11.9 Å². The van der Waals surface area contributed by atoms with Gasteiger partial charge in [0, 0.05) is 51.4 Å². The molecular formula is C27H35FN4O4S. The van der Waals surface area contributed by atoms with E-state index in [-0.39, 0.29) is 12.0 Å². The van der Waals surface area contributed by atoms with Gasteiger partial charge in [-0.25, -0.2) is 9.18 Å². The van der Waals surface area contributed by atoms with Crippen molar-refractivity contribution in [3.05, 3.63) is 59.9 Å². The van der Waals surface area contributed by atoms with E-state index in [2.05, 4.69) is 4.90 Å². The Kier molecular flexibility index (Phi) is 7.69. The Hall–Kier alpha value is -2.69. The van der Waals surface area contributed by atoms with Gasteiger partial charge in [-0.2, -0.15) is 12.7 Å². The Morgan fingerprint density at radius 1 is 1.00 bits per heavy atom. The fourth-order valence-corrected chi connectivity index (χ4v) is 7.70. The van der Waals surface area contributed by atoms with E-state index in [1.165, 1.54) is 10.4 Å². The molecule has 1 aliphatic carbocycles. The lowest BCUT2D eigenvalue weighted by molar-refractivity contribution is -0.150. The molecule has 8 nitrogen and oxygen atoms in total. The molecule has 0 radical (unpaired) electrons. The minimum atomic E-state index is -3.64. The van der Waals surface area contributed by atoms with Gasteiger partial charge in [-0.05, 0) is 37.5 Å². The van der Waals surface area contributed by atoms with Gasteiger partial charge in [0.2, 0.25) is 0 Å². The van der Waals surface area contributed by atoms with Crippen LogP contribution in [0.3, 0.4) is 0 Å². The zero-order valence-corrected chi connectivity index (χ0v) is 22.1. The predicted molar refractivity (Wildman–Crippen MR) is 141 cm³/mol. The van der Waals surface area contributed by atoms with Crippen LogP contribution >= 0.6 is 0 Å². The summed E-state index contributed by atoms with van der Waals surface area (Å²) in [5.41, 5.74) is 1.69. The summed E-state index contributed by atoms with van der Waals surface area (Å²) in [4.78, 5) is 16.8. The number of nitrogens with zero attached hydrogens (tertiary/aromatic N) is 4. The first-order chi connectivity index (χ1) is 17.9. The number of esters is 1. The van der Waals surface area contributed by atoms with E-state index >= 15 is 4.39 Å². The van der Waals surface area contributed by atoms with Gasteiger partial charge in [0.15, 0.2) is 0 Å². The molecule has 37 heavy (non-hydrogen) atoms. The lowest BCUT2D eigenvalue weighted by atomic mass is 10.0. The van der Waals surface area contributed by atoms with Crippen molar-refractivity contribution in [2.75, 3.05) is 55.1 Å². The van der Waals surface area contributed by atoms with E-state index in [4.69, 9.17) is 4.74 Å². The van der Waals surface area contributed by atoms with Crippen LogP contribution in [-0.4, -0.2) is 75.5 Å². The highest BCUT2D eigenvalue weighted by Crippen LogP contribution is 2.35. The van der Waals surface area contributed by atoms with Gasteiger partial charge in [0.25, 0.3) is 0 Å². The molecule has 0 aromatic heterocycles. The minimum absolute atomic E-state index is 0.0599. The molecule has 3 fully saturated rings. The van der Waals surface area contributed by atoms with Crippen LogP contribution in [0.1, 0.15) is 44.2 Å². The number of piperazine rings is 1. The third-order valence-electron chi connectivity index (χ3n) is 7.69. The van der Waals surface area contributed by atoms with Crippen LogP contribution in [0.5, 0.6) is 0 Å². The van der Waals surface area contributed by atoms with Crippen LogP contribution in [-0.2, 0) is 19.7 Å². The number of halogens is 1. The topological polar surface area (TPSA) is 73.4 Å². The molecule has 2 aromatic carbocycles. The zero-order chi connectivity index (χ0) is 26.0. The van der Waals surface area contributed by atoms with E-state index in [1.807, 2.05) is 35.2 Å². The van der Waals surface area contributed by atoms with Crippen molar-refractivity contribution in [2.45, 2.75) is 44.7 Å². The quantitative estimate of drug-likeness (QED) is 0.510. The fraction of sp³-hybridized carbons (Fsp3) is 0.519. The van der Waals surface area contributed by atoms with Crippen molar-refractivity contribution < 1.29 is 22.3 Å². The Labute approximate surface area is 218 Å². The Morgan fingerprint density at radius 3 is 2.35 bits per heavy atom. The molecule has 0 amide bonds. The molecule has 2 aliphatic heterocycles. The predicted octanol–water partition coefficient (Wildman–Crippen LogP) is 3.56. The lowest BCUT2D eigenvalue weighted by Gasteiger charge is -2.39. The molecular weight excluding hydrogens is 495 g/mol. The van der Waals surface area contributed by atoms with Crippen molar-refractivity contribution in [1.29, 1.82) is 0 Å². The lowest BCUT2D eigenvalue weighted by Crippen LogP contribution is -2.49. The molecule has 2 heterocycles. The zero-order valence-electron chi connectivity index (χ0n) is 21.3. The average Bonchev–Trinajstić information content (AvgIpc) is 3.52. The maximum atomic E-state index is 15.3. The Morgan fingerprint density at radius 2 is 1.70 bits per heavy atom. The molecule has 2 saturated heterocycles. The molecule has 200 valence electrons. The van der Waals surface area contributed by atoms with Crippen LogP contribution in [0.2, 0.25) is 0 Å². The van der Waals surface area contributed by atoms with Gasteiger partial charge < -0.3 is 9.64 Å². The van der Waals surface area contributed by atoms with Crippen molar-refractivity contribution in [3.63, 3.8) is 0 Å². The molecule has 10 heteroatoms. The van der Waals surface area contributed by atoms with Gasteiger partial charge >= 0.3 is 16.2 Å². The van der Waals surface area contributed by atoms with Gasteiger partial charge in [-0.1, -0.05) is 43.2 Å². The SMILES string of the molecule is CCOC(=O)C(c1ccccc1)N1CCN(c2ccc(N3CCN(C4CCCC4)S3(=O)=O)cc2F)CC1. The van der Waals surface area contributed by atoms with E-state index < -0.39 is 22.1 Å². The number of hydrogen-bond donors (Lipinski definition) is 0. The van der Waals surface area contributed by atoms with Crippen molar-refractivity contribution in [1.82, 2.24) is 9.21 Å². The molecule has 1 unspecified atom stereocenters. The number of rotatable bonds is 7.